The summed E-state index contributed by atoms with van der Waals surface area (Å²) in [7, 11) is 1.67. The Bertz CT molecular complexity index is 1140. The molecule has 0 saturated heterocycles. The van der Waals surface area contributed by atoms with Gasteiger partial charge in [0.15, 0.2) is 0 Å². The van der Waals surface area contributed by atoms with Gasteiger partial charge in [-0.2, -0.15) is 9.61 Å². The number of ether oxygens (including phenoxy) is 1. The van der Waals surface area contributed by atoms with Crippen LogP contribution in [0, 0.1) is 0 Å². The summed E-state index contributed by atoms with van der Waals surface area (Å²) in [6, 6.07) is 16.5. The fourth-order valence-corrected chi connectivity index (χ4v) is 5.04. The Morgan fingerprint density at radius 3 is 2.82 bits per heavy atom. The van der Waals surface area contributed by atoms with E-state index in [0.717, 1.165) is 35.7 Å². The molecule has 142 valence electrons. The SMILES string of the molecule is COc1cccc([C@@H](c2sc3ncnn3c2O)N2CCc3ccccc3C2)c1. The van der Waals surface area contributed by atoms with E-state index < -0.39 is 0 Å². The molecule has 4 aromatic rings. The summed E-state index contributed by atoms with van der Waals surface area (Å²) in [5.74, 6) is 0.961. The lowest BCUT2D eigenvalue weighted by Crippen LogP contribution is -2.34. The topological polar surface area (TPSA) is 62.9 Å². The summed E-state index contributed by atoms with van der Waals surface area (Å²) < 4.78 is 6.96. The van der Waals surface area contributed by atoms with Gasteiger partial charge in [0.05, 0.1) is 18.0 Å². The standard InChI is InChI=1S/C21H20N4O2S/c1-27-17-8-4-7-15(11-17)18(19-20(26)25-21(28-19)22-13-23-25)24-10-9-14-5-2-3-6-16(14)12-24/h2-8,11,13,18,26H,9-10,12H2,1H3/t18-/m0/s1. The number of thiazole rings is 1. The highest BCUT2D eigenvalue weighted by atomic mass is 32.1. The molecule has 0 spiro atoms. The lowest BCUT2D eigenvalue weighted by Gasteiger charge is -2.35. The molecule has 1 atom stereocenters. The molecule has 0 fully saturated rings. The minimum atomic E-state index is -0.100. The van der Waals surface area contributed by atoms with Crippen molar-refractivity contribution in [2.75, 3.05) is 13.7 Å². The van der Waals surface area contributed by atoms with Crippen LogP contribution in [-0.2, 0) is 13.0 Å². The van der Waals surface area contributed by atoms with Crippen LogP contribution in [0.4, 0.5) is 0 Å². The van der Waals surface area contributed by atoms with Gasteiger partial charge < -0.3 is 9.84 Å². The van der Waals surface area contributed by atoms with E-state index in [2.05, 4.69) is 45.3 Å². The van der Waals surface area contributed by atoms with E-state index in [1.165, 1.54) is 33.3 Å². The van der Waals surface area contributed by atoms with E-state index in [1.807, 2.05) is 18.2 Å². The summed E-state index contributed by atoms with van der Waals surface area (Å²) in [4.78, 5) is 8.21. The number of nitrogens with zero attached hydrogens (tertiary/aromatic N) is 4. The average Bonchev–Trinajstić information content (AvgIpc) is 3.32. The van der Waals surface area contributed by atoms with E-state index in [4.69, 9.17) is 4.74 Å². The molecule has 7 heteroatoms. The number of hydrogen-bond donors (Lipinski definition) is 1. The molecule has 0 aliphatic carbocycles. The third-order valence-corrected chi connectivity index (χ3v) is 6.41. The molecule has 0 radical (unpaired) electrons. The zero-order valence-corrected chi connectivity index (χ0v) is 16.3. The molecule has 0 saturated carbocycles. The Hall–Kier alpha value is -2.90. The molecule has 5 rings (SSSR count). The van der Waals surface area contributed by atoms with Crippen LogP contribution in [0.2, 0.25) is 0 Å². The van der Waals surface area contributed by atoms with Gasteiger partial charge in [0.1, 0.15) is 12.1 Å². The van der Waals surface area contributed by atoms with Crippen LogP contribution >= 0.6 is 11.3 Å². The van der Waals surface area contributed by atoms with Crippen molar-refractivity contribution in [3.05, 3.63) is 76.4 Å². The van der Waals surface area contributed by atoms with Crippen molar-refractivity contribution < 1.29 is 9.84 Å². The van der Waals surface area contributed by atoms with Crippen molar-refractivity contribution in [3.8, 4) is 11.6 Å². The molecule has 0 amide bonds. The maximum Gasteiger partial charge on any atom is 0.230 e. The molecule has 0 bridgehead atoms. The van der Waals surface area contributed by atoms with Crippen LogP contribution in [0.15, 0.2) is 54.9 Å². The van der Waals surface area contributed by atoms with Gasteiger partial charge in [0.2, 0.25) is 10.8 Å². The summed E-state index contributed by atoms with van der Waals surface area (Å²) in [6.45, 7) is 1.73. The van der Waals surface area contributed by atoms with E-state index >= 15 is 0 Å². The second-order valence-electron chi connectivity index (χ2n) is 6.91. The number of benzene rings is 2. The Labute approximate surface area is 166 Å². The Morgan fingerprint density at radius 2 is 2.00 bits per heavy atom. The highest BCUT2D eigenvalue weighted by Gasteiger charge is 2.31. The van der Waals surface area contributed by atoms with Gasteiger partial charge in [-0.1, -0.05) is 47.7 Å². The molecule has 6 nitrogen and oxygen atoms in total. The summed E-state index contributed by atoms with van der Waals surface area (Å²) in [5, 5.41) is 15.0. The fraction of sp³-hybridized carbons (Fsp3) is 0.238. The normalized spacial score (nSPS) is 15.5. The summed E-state index contributed by atoms with van der Waals surface area (Å²) in [6.07, 6.45) is 2.45. The van der Waals surface area contributed by atoms with Crippen molar-refractivity contribution in [2.45, 2.75) is 19.0 Å². The minimum Gasteiger partial charge on any atom is -0.497 e. The lowest BCUT2D eigenvalue weighted by molar-refractivity contribution is 0.205. The first kappa shape index (κ1) is 17.2. The van der Waals surface area contributed by atoms with Gasteiger partial charge in [0, 0.05) is 13.1 Å². The van der Waals surface area contributed by atoms with Gasteiger partial charge in [-0.25, -0.2) is 4.98 Å². The van der Waals surface area contributed by atoms with Crippen molar-refractivity contribution in [1.29, 1.82) is 0 Å². The quantitative estimate of drug-likeness (QED) is 0.574. The Morgan fingerprint density at radius 1 is 1.14 bits per heavy atom. The van der Waals surface area contributed by atoms with Crippen LogP contribution in [0.5, 0.6) is 11.6 Å². The summed E-state index contributed by atoms with van der Waals surface area (Å²) in [5.41, 5.74) is 3.81. The highest BCUT2D eigenvalue weighted by Crippen LogP contribution is 2.42. The van der Waals surface area contributed by atoms with Crippen LogP contribution in [0.25, 0.3) is 4.96 Å². The molecular weight excluding hydrogens is 372 g/mol. The van der Waals surface area contributed by atoms with E-state index in [9.17, 15) is 5.11 Å². The predicted molar refractivity (Wildman–Crippen MR) is 108 cm³/mol. The Balaban J connectivity index is 1.62. The molecule has 1 aliphatic heterocycles. The summed E-state index contributed by atoms with van der Waals surface area (Å²) >= 11 is 1.48. The van der Waals surface area contributed by atoms with Crippen molar-refractivity contribution in [2.24, 2.45) is 0 Å². The smallest absolute Gasteiger partial charge is 0.230 e. The van der Waals surface area contributed by atoms with Crippen LogP contribution in [-0.4, -0.2) is 38.3 Å². The van der Waals surface area contributed by atoms with Gasteiger partial charge in [0.25, 0.3) is 0 Å². The van der Waals surface area contributed by atoms with E-state index in [0.29, 0.717) is 4.96 Å². The van der Waals surface area contributed by atoms with Gasteiger partial charge in [-0.05, 0) is 35.2 Å². The molecule has 1 N–H and O–H groups in total. The molecule has 3 heterocycles. The van der Waals surface area contributed by atoms with Crippen molar-refractivity contribution >= 4 is 16.3 Å². The molecule has 1 aliphatic rings. The monoisotopic (exact) mass is 392 g/mol. The maximum absolute atomic E-state index is 10.9. The van der Waals surface area contributed by atoms with Crippen molar-refractivity contribution in [3.63, 3.8) is 0 Å². The molecule has 2 aromatic heterocycles. The van der Waals surface area contributed by atoms with E-state index in [1.54, 1.807) is 7.11 Å². The fourth-order valence-electron chi connectivity index (χ4n) is 3.95. The van der Waals surface area contributed by atoms with Crippen LogP contribution < -0.4 is 4.74 Å². The number of aromatic nitrogens is 3. The second kappa shape index (κ2) is 6.92. The first-order chi connectivity index (χ1) is 13.7. The highest BCUT2D eigenvalue weighted by molar-refractivity contribution is 7.17. The molecule has 2 aromatic carbocycles. The van der Waals surface area contributed by atoms with Gasteiger partial charge in [-0.15, -0.1) is 0 Å². The van der Waals surface area contributed by atoms with Gasteiger partial charge in [-0.3, -0.25) is 4.90 Å². The zero-order valence-electron chi connectivity index (χ0n) is 15.4. The first-order valence-corrected chi connectivity index (χ1v) is 10.0. The predicted octanol–water partition coefficient (Wildman–Crippen LogP) is 3.65. The van der Waals surface area contributed by atoms with Gasteiger partial charge >= 0.3 is 0 Å². The van der Waals surface area contributed by atoms with E-state index in [-0.39, 0.29) is 11.9 Å². The maximum atomic E-state index is 10.9. The van der Waals surface area contributed by atoms with Crippen LogP contribution in [0.3, 0.4) is 0 Å². The van der Waals surface area contributed by atoms with Crippen molar-refractivity contribution in [1.82, 2.24) is 19.5 Å². The number of aromatic hydroxyl groups is 1. The number of fused-ring (bicyclic) bond motifs is 2. The first-order valence-electron chi connectivity index (χ1n) is 9.21. The van der Waals surface area contributed by atoms with Crippen LogP contribution in [0.1, 0.15) is 27.6 Å². The third-order valence-electron chi connectivity index (χ3n) is 5.32. The Kier molecular flexibility index (Phi) is 4.26. The second-order valence-corrected chi connectivity index (χ2v) is 7.92. The average molecular weight is 392 g/mol. The minimum absolute atomic E-state index is 0.100. The number of hydrogen-bond acceptors (Lipinski definition) is 6. The molecular formula is C21H20N4O2S. The third kappa shape index (κ3) is 2.83. The molecule has 0 unspecified atom stereocenters. The lowest BCUT2D eigenvalue weighted by atomic mass is 9.95. The zero-order chi connectivity index (χ0) is 19.1. The molecule has 28 heavy (non-hydrogen) atoms. The number of methoxy groups -OCH3 is 1. The largest absolute Gasteiger partial charge is 0.497 e. The number of rotatable bonds is 4.